The highest BCUT2D eigenvalue weighted by Gasteiger charge is 2.11. The maximum absolute atomic E-state index is 12.5. The van der Waals surface area contributed by atoms with Crippen LogP contribution < -0.4 is 15.4 Å². The summed E-state index contributed by atoms with van der Waals surface area (Å²) in [5, 5.41) is 6.59. The molecule has 7 heteroatoms. The Bertz CT molecular complexity index is 981. The number of aromatic nitrogens is 1. The zero-order chi connectivity index (χ0) is 18.7. The van der Waals surface area contributed by atoms with Gasteiger partial charge in [0.25, 0.3) is 0 Å². The largest absolute Gasteiger partial charge is 0.495 e. The van der Waals surface area contributed by atoms with E-state index in [1.807, 2.05) is 35.0 Å². The number of benzene rings is 2. The fourth-order valence-electron chi connectivity index (χ4n) is 2.74. The van der Waals surface area contributed by atoms with Crippen molar-refractivity contribution in [3.63, 3.8) is 0 Å². The van der Waals surface area contributed by atoms with Gasteiger partial charge >= 0.3 is 0 Å². The molecule has 0 fully saturated rings. The van der Waals surface area contributed by atoms with Crippen LogP contribution in [0.1, 0.15) is 6.92 Å². The molecule has 2 aromatic carbocycles. The summed E-state index contributed by atoms with van der Waals surface area (Å²) in [6, 6.07) is 13.0. The Balaban J connectivity index is 1.79. The van der Waals surface area contributed by atoms with Crippen LogP contribution in [0, 0.1) is 0 Å². The van der Waals surface area contributed by atoms with E-state index in [2.05, 4.69) is 26.6 Å². The first-order valence-corrected chi connectivity index (χ1v) is 8.75. The van der Waals surface area contributed by atoms with Crippen LogP contribution >= 0.6 is 15.9 Å². The second-order valence-electron chi connectivity index (χ2n) is 5.79. The average molecular weight is 416 g/mol. The van der Waals surface area contributed by atoms with Gasteiger partial charge in [0.1, 0.15) is 12.3 Å². The summed E-state index contributed by atoms with van der Waals surface area (Å²) in [5.74, 6) is 0.148. The SMILES string of the molecule is COc1ccc(NC(C)=O)cc1NC(=O)Cn1ccc2cc(Br)ccc21. The predicted octanol–water partition coefficient (Wildman–Crippen LogP) is 4.01. The number of carbonyl (C=O) groups is 2. The Morgan fingerprint density at radius 2 is 1.92 bits per heavy atom. The number of nitrogens with one attached hydrogen (secondary N) is 2. The van der Waals surface area contributed by atoms with Crippen molar-refractivity contribution < 1.29 is 14.3 Å². The molecule has 1 aromatic heterocycles. The lowest BCUT2D eigenvalue weighted by atomic mass is 10.2. The number of halogens is 1. The Hall–Kier alpha value is -2.80. The standard InChI is InChI=1S/C19H18BrN3O3/c1-12(24)21-15-4-6-18(26-2)16(10-15)22-19(25)11-23-8-7-13-9-14(20)3-5-17(13)23/h3-10H,11H2,1-2H3,(H,21,24)(H,22,25). The molecule has 0 bridgehead atoms. The molecule has 0 radical (unpaired) electrons. The van der Waals surface area contributed by atoms with Gasteiger partial charge in [0.2, 0.25) is 11.8 Å². The first kappa shape index (κ1) is 18.0. The molecule has 0 spiro atoms. The number of amides is 2. The van der Waals surface area contributed by atoms with E-state index in [0.717, 1.165) is 15.4 Å². The van der Waals surface area contributed by atoms with Crippen LogP contribution in [0.25, 0.3) is 10.9 Å². The highest BCUT2D eigenvalue weighted by Crippen LogP contribution is 2.28. The molecular weight excluding hydrogens is 398 g/mol. The normalized spacial score (nSPS) is 10.6. The smallest absolute Gasteiger partial charge is 0.244 e. The molecule has 2 N–H and O–H groups in total. The van der Waals surface area contributed by atoms with Gasteiger partial charge < -0.3 is 19.9 Å². The van der Waals surface area contributed by atoms with Crippen LogP contribution in [0.4, 0.5) is 11.4 Å². The van der Waals surface area contributed by atoms with Crippen molar-refractivity contribution in [3.8, 4) is 5.75 Å². The molecular formula is C19H18BrN3O3. The maximum atomic E-state index is 12.5. The Morgan fingerprint density at radius 3 is 2.65 bits per heavy atom. The van der Waals surface area contributed by atoms with E-state index >= 15 is 0 Å². The van der Waals surface area contributed by atoms with Gasteiger partial charge in [-0.05, 0) is 42.5 Å². The van der Waals surface area contributed by atoms with Gasteiger partial charge in [0.05, 0.1) is 12.8 Å². The van der Waals surface area contributed by atoms with Crippen molar-refractivity contribution in [2.24, 2.45) is 0 Å². The summed E-state index contributed by atoms with van der Waals surface area (Å²) < 4.78 is 8.15. The van der Waals surface area contributed by atoms with Gasteiger partial charge in [-0.25, -0.2) is 0 Å². The molecule has 1 heterocycles. The highest BCUT2D eigenvalue weighted by atomic mass is 79.9. The predicted molar refractivity (Wildman–Crippen MR) is 106 cm³/mol. The Kier molecular flexibility index (Phi) is 5.27. The third kappa shape index (κ3) is 4.05. The lowest BCUT2D eigenvalue weighted by Gasteiger charge is -2.13. The third-order valence-electron chi connectivity index (χ3n) is 3.84. The number of hydrogen-bond donors (Lipinski definition) is 2. The maximum Gasteiger partial charge on any atom is 0.244 e. The Morgan fingerprint density at radius 1 is 1.12 bits per heavy atom. The topological polar surface area (TPSA) is 72.4 Å². The first-order chi connectivity index (χ1) is 12.5. The molecule has 3 aromatic rings. The van der Waals surface area contributed by atoms with Gasteiger partial charge in [-0.3, -0.25) is 9.59 Å². The minimum Gasteiger partial charge on any atom is -0.495 e. The molecule has 0 aliphatic rings. The number of carbonyl (C=O) groups excluding carboxylic acids is 2. The summed E-state index contributed by atoms with van der Waals surface area (Å²) in [7, 11) is 1.53. The van der Waals surface area contributed by atoms with E-state index in [1.54, 1.807) is 18.2 Å². The highest BCUT2D eigenvalue weighted by molar-refractivity contribution is 9.10. The number of ether oxygens (including phenoxy) is 1. The number of nitrogens with zero attached hydrogens (tertiary/aromatic N) is 1. The van der Waals surface area contributed by atoms with Gasteiger partial charge in [-0.2, -0.15) is 0 Å². The van der Waals surface area contributed by atoms with Crippen LogP contribution in [0.15, 0.2) is 53.1 Å². The molecule has 134 valence electrons. The Labute approximate surface area is 159 Å². The van der Waals surface area contributed by atoms with Crippen LogP contribution in [0.5, 0.6) is 5.75 Å². The van der Waals surface area contributed by atoms with E-state index in [9.17, 15) is 9.59 Å². The molecule has 0 unspecified atom stereocenters. The van der Waals surface area contributed by atoms with E-state index < -0.39 is 0 Å². The van der Waals surface area contributed by atoms with E-state index in [1.165, 1.54) is 14.0 Å². The molecule has 6 nitrogen and oxygen atoms in total. The number of rotatable bonds is 5. The lowest BCUT2D eigenvalue weighted by Crippen LogP contribution is -2.19. The molecule has 0 saturated carbocycles. The van der Waals surface area contributed by atoms with Crippen LogP contribution in [-0.2, 0) is 16.1 Å². The molecule has 2 amide bonds. The van der Waals surface area contributed by atoms with Crippen LogP contribution in [0.2, 0.25) is 0 Å². The summed E-state index contributed by atoms with van der Waals surface area (Å²) in [5.41, 5.74) is 2.06. The second-order valence-corrected chi connectivity index (χ2v) is 6.71. The summed E-state index contributed by atoms with van der Waals surface area (Å²) in [6.07, 6.45) is 1.88. The number of fused-ring (bicyclic) bond motifs is 1. The van der Waals surface area contributed by atoms with Crippen molar-refractivity contribution in [1.82, 2.24) is 4.57 Å². The van der Waals surface area contributed by atoms with Crippen molar-refractivity contribution >= 4 is 50.0 Å². The second kappa shape index (κ2) is 7.61. The first-order valence-electron chi connectivity index (χ1n) is 7.96. The van der Waals surface area contributed by atoms with Crippen molar-refractivity contribution in [1.29, 1.82) is 0 Å². The fourth-order valence-corrected chi connectivity index (χ4v) is 3.12. The molecule has 3 rings (SSSR count). The van der Waals surface area contributed by atoms with Gasteiger partial charge in [0, 0.05) is 34.2 Å². The summed E-state index contributed by atoms with van der Waals surface area (Å²) in [4.78, 5) is 23.7. The van der Waals surface area contributed by atoms with E-state index in [-0.39, 0.29) is 18.4 Å². The monoisotopic (exact) mass is 415 g/mol. The number of hydrogen-bond acceptors (Lipinski definition) is 3. The number of anilines is 2. The minimum absolute atomic E-state index is 0.165. The van der Waals surface area contributed by atoms with Gasteiger partial charge in [0.15, 0.2) is 0 Å². The quantitative estimate of drug-likeness (QED) is 0.660. The fraction of sp³-hybridized carbons (Fsp3) is 0.158. The summed E-state index contributed by atoms with van der Waals surface area (Å²) >= 11 is 3.44. The molecule has 0 aliphatic heterocycles. The van der Waals surface area contributed by atoms with Gasteiger partial charge in [-0.1, -0.05) is 15.9 Å². The van der Waals surface area contributed by atoms with Crippen LogP contribution in [0.3, 0.4) is 0 Å². The zero-order valence-electron chi connectivity index (χ0n) is 14.4. The van der Waals surface area contributed by atoms with Crippen molar-refractivity contribution in [3.05, 3.63) is 53.1 Å². The molecule has 0 aliphatic carbocycles. The van der Waals surface area contributed by atoms with E-state index in [4.69, 9.17) is 4.74 Å². The average Bonchev–Trinajstić information content (AvgIpc) is 2.96. The number of methoxy groups -OCH3 is 1. The van der Waals surface area contributed by atoms with E-state index in [0.29, 0.717) is 17.1 Å². The van der Waals surface area contributed by atoms with Crippen LogP contribution in [-0.4, -0.2) is 23.5 Å². The minimum atomic E-state index is -0.191. The third-order valence-corrected chi connectivity index (χ3v) is 4.33. The molecule has 26 heavy (non-hydrogen) atoms. The molecule has 0 saturated heterocycles. The zero-order valence-corrected chi connectivity index (χ0v) is 16.0. The summed E-state index contributed by atoms with van der Waals surface area (Å²) in [6.45, 7) is 1.59. The van der Waals surface area contributed by atoms with Gasteiger partial charge in [-0.15, -0.1) is 0 Å². The molecule has 0 atom stereocenters. The van der Waals surface area contributed by atoms with Crippen molar-refractivity contribution in [2.45, 2.75) is 13.5 Å². The lowest BCUT2D eigenvalue weighted by molar-refractivity contribution is -0.116. The van der Waals surface area contributed by atoms with Crippen molar-refractivity contribution in [2.75, 3.05) is 17.7 Å².